The van der Waals surface area contributed by atoms with Crippen LogP contribution in [0.25, 0.3) is 0 Å². The van der Waals surface area contributed by atoms with Gasteiger partial charge in [0.15, 0.2) is 14.1 Å². The Balaban J connectivity index is 1.84. The van der Waals surface area contributed by atoms with E-state index in [4.69, 9.17) is 13.9 Å². The van der Waals surface area contributed by atoms with Crippen molar-refractivity contribution in [2.75, 3.05) is 13.2 Å². The zero-order chi connectivity index (χ0) is 17.1. The number of rotatable bonds is 2. The molecule has 0 bridgehead atoms. The van der Waals surface area contributed by atoms with Gasteiger partial charge >= 0.3 is 0 Å². The summed E-state index contributed by atoms with van der Waals surface area (Å²) in [5, 5.41) is 11.4. The Labute approximate surface area is 141 Å². The molecule has 0 amide bonds. The van der Waals surface area contributed by atoms with Crippen LogP contribution < -0.4 is 0 Å². The molecule has 2 fully saturated rings. The zero-order valence-electron chi connectivity index (χ0n) is 15.4. The highest BCUT2D eigenvalue weighted by atomic mass is 28.4. The lowest BCUT2D eigenvalue weighted by Crippen LogP contribution is -2.54. The predicted octanol–water partition coefficient (Wildman–Crippen LogP) is 3.61. The van der Waals surface area contributed by atoms with Crippen molar-refractivity contribution in [3.05, 3.63) is 11.6 Å². The molecule has 1 aliphatic heterocycles. The van der Waals surface area contributed by atoms with Gasteiger partial charge in [0.2, 0.25) is 0 Å². The Morgan fingerprint density at radius 3 is 2.39 bits per heavy atom. The fourth-order valence-corrected chi connectivity index (χ4v) is 5.22. The second kappa shape index (κ2) is 5.40. The van der Waals surface area contributed by atoms with Crippen LogP contribution in [0.5, 0.6) is 0 Å². The van der Waals surface area contributed by atoms with Crippen molar-refractivity contribution in [2.45, 2.75) is 82.6 Å². The molecule has 1 heterocycles. The highest BCUT2D eigenvalue weighted by Gasteiger charge is 2.58. The summed E-state index contributed by atoms with van der Waals surface area (Å²) >= 11 is 0. The van der Waals surface area contributed by atoms with Crippen molar-refractivity contribution in [1.82, 2.24) is 0 Å². The summed E-state index contributed by atoms with van der Waals surface area (Å²) in [6.07, 6.45) is 4.29. The molecule has 5 heteroatoms. The molecule has 23 heavy (non-hydrogen) atoms. The summed E-state index contributed by atoms with van der Waals surface area (Å²) in [4.78, 5) is 0. The average Bonchev–Trinajstić information content (AvgIpc) is 2.96. The Morgan fingerprint density at radius 2 is 1.83 bits per heavy atom. The van der Waals surface area contributed by atoms with Gasteiger partial charge in [0, 0.05) is 18.8 Å². The first-order valence-corrected chi connectivity index (χ1v) is 11.8. The maximum absolute atomic E-state index is 11.2. The lowest BCUT2D eigenvalue weighted by atomic mass is 9.71. The van der Waals surface area contributed by atoms with Gasteiger partial charge < -0.3 is 19.0 Å². The van der Waals surface area contributed by atoms with Crippen LogP contribution in [-0.2, 0) is 13.9 Å². The molecule has 2 aliphatic carbocycles. The smallest absolute Gasteiger partial charge is 0.192 e. The van der Waals surface area contributed by atoms with Crippen molar-refractivity contribution in [3.63, 3.8) is 0 Å². The Kier molecular flexibility index (Phi) is 4.13. The molecule has 1 unspecified atom stereocenters. The molecule has 0 aromatic rings. The SMILES string of the molecule is CC1=CC(O[Si](C)(C)C(C)(C)C)[C@@H]2CC3(CC[C@]12O)OCCO3. The number of hydrogen-bond acceptors (Lipinski definition) is 4. The van der Waals surface area contributed by atoms with E-state index in [-0.39, 0.29) is 17.1 Å². The van der Waals surface area contributed by atoms with Crippen LogP contribution in [-0.4, -0.2) is 44.1 Å². The summed E-state index contributed by atoms with van der Waals surface area (Å²) in [5.41, 5.74) is 0.298. The van der Waals surface area contributed by atoms with Gasteiger partial charge in [-0.05, 0) is 37.0 Å². The third-order valence-corrected chi connectivity index (χ3v) is 11.0. The maximum atomic E-state index is 11.2. The highest BCUT2D eigenvalue weighted by Crippen LogP contribution is 2.53. The summed E-state index contributed by atoms with van der Waals surface area (Å²) in [5.74, 6) is -0.465. The molecule has 3 aliphatic rings. The Hall–Kier alpha value is -0.203. The fourth-order valence-electron chi connectivity index (χ4n) is 3.95. The number of aliphatic hydroxyl groups is 1. The van der Waals surface area contributed by atoms with E-state index in [0.29, 0.717) is 19.6 Å². The van der Waals surface area contributed by atoms with Crippen LogP contribution in [0, 0.1) is 5.92 Å². The molecule has 4 nitrogen and oxygen atoms in total. The van der Waals surface area contributed by atoms with Crippen LogP contribution >= 0.6 is 0 Å². The van der Waals surface area contributed by atoms with Gasteiger partial charge in [-0.2, -0.15) is 0 Å². The van der Waals surface area contributed by atoms with E-state index >= 15 is 0 Å². The molecule has 1 saturated heterocycles. The lowest BCUT2D eigenvalue weighted by molar-refractivity contribution is -0.219. The number of fused-ring (bicyclic) bond motifs is 1. The van der Waals surface area contributed by atoms with Crippen molar-refractivity contribution >= 4 is 8.32 Å². The van der Waals surface area contributed by atoms with Gasteiger partial charge in [-0.1, -0.05) is 26.8 Å². The van der Waals surface area contributed by atoms with Gasteiger partial charge in [0.1, 0.15) is 0 Å². The van der Waals surface area contributed by atoms with Gasteiger partial charge in [-0.3, -0.25) is 0 Å². The number of ether oxygens (including phenoxy) is 2. The molecule has 1 spiro atoms. The molecule has 1 saturated carbocycles. The van der Waals surface area contributed by atoms with Crippen LogP contribution in [0.3, 0.4) is 0 Å². The normalized spacial score (nSPS) is 37.1. The van der Waals surface area contributed by atoms with E-state index in [2.05, 4.69) is 39.9 Å². The third kappa shape index (κ3) is 2.84. The lowest BCUT2D eigenvalue weighted by Gasteiger charge is -2.47. The van der Waals surface area contributed by atoms with E-state index in [0.717, 1.165) is 18.4 Å². The number of hydrogen-bond donors (Lipinski definition) is 1. The molecule has 0 aromatic carbocycles. The summed E-state index contributed by atoms with van der Waals surface area (Å²) in [6, 6.07) is 0. The highest BCUT2D eigenvalue weighted by molar-refractivity contribution is 6.74. The second-order valence-electron chi connectivity index (χ2n) is 9.03. The first kappa shape index (κ1) is 17.6. The Bertz CT molecular complexity index is 502. The maximum Gasteiger partial charge on any atom is 0.192 e. The van der Waals surface area contributed by atoms with Gasteiger partial charge in [-0.25, -0.2) is 0 Å². The van der Waals surface area contributed by atoms with Crippen molar-refractivity contribution in [3.8, 4) is 0 Å². The zero-order valence-corrected chi connectivity index (χ0v) is 16.4. The Morgan fingerprint density at radius 1 is 1.22 bits per heavy atom. The van der Waals surface area contributed by atoms with Gasteiger partial charge in [-0.15, -0.1) is 0 Å². The predicted molar refractivity (Wildman–Crippen MR) is 92.8 cm³/mol. The molecular formula is C18H32O4Si. The van der Waals surface area contributed by atoms with E-state index in [9.17, 15) is 5.11 Å². The summed E-state index contributed by atoms with van der Waals surface area (Å²) < 4.78 is 18.5. The van der Waals surface area contributed by atoms with E-state index in [1.165, 1.54) is 0 Å². The topological polar surface area (TPSA) is 47.9 Å². The van der Waals surface area contributed by atoms with Crippen LogP contribution in [0.1, 0.15) is 47.0 Å². The minimum atomic E-state index is -1.90. The van der Waals surface area contributed by atoms with Crippen molar-refractivity contribution < 1.29 is 19.0 Å². The molecule has 1 N–H and O–H groups in total. The van der Waals surface area contributed by atoms with E-state index in [1.807, 2.05) is 6.92 Å². The first-order valence-electron chi connectivity index (χ1n) is 8.86. The van der Waals surface area contributed by atoms with Crippen LogP contribution in [0.2, 0.25) is 18.1 Å². The van der Waals surface area contributed by atoms with Crippen molar-refractivity contribution in [1.29, 1.82) is 0 Å². The standard InChI is InChI=1S/C18H32O4Si/c1-13-11-15(22-23(5,6)16(2,3)4)14-12-17(20-9-10-21-17)7-8-18(13,14)19/h11,14-15,19H,7-10,12H2,1-6H3/t14-,15?,18-/m0/s1. The minimum Gasteiger partial charge on any atom is -0.410 e. The minimum absolute atomic E-state index is 0.0310. The molecular weight excluding hydrogens is 308 g/mol. The molecule has 0 aromatic heterocycles. The van der Waals surface area contributed by atoms with Gasteiger partial charge in [0.05, 0.1) is 24.9 Å². The van der Waals surface area contributed by atoms with Crippen LogP contribution in [0.4, 0.5) is 0 Å². The third-order valence-electron chi connectivity index (χ3n) is 6.58. The van der Waals surface area contributed by atoms with E-state index in [1.54, 1.807) is 0 Å². The second-order valence-corrected chi connectivity index (χ2v) is 13.8. The monoisotopic (exact) mass is 340 g/mol. The molecule has 3 atom stereocenters. The van der Waals surface area contributed by atoms with E-state index < -0.39 is 19.7 Å². The van der Waals surface area contributed by atoms with Gasteiger partial charge in [0.25, 0.3) is 0 Å². The van der Waals surface area contributed by atoms with Crippen molar-refractivity contribution in [2.24, 2.45) is 5.92 Å². The average molecular weight is 341 g/mol. The summed E-state index contributed by atoms with van der Waals surface area (Å²) in [7, 11) is -1.90. The molecule has 132 valence electrons. The molecule has 0 radical (unpaired) electrons. The quantitative estimate of drug-likeness (QED) is 0.616. The molecule has 3 rings (SSSR count). The summed E-state index contributed by atoms with van der Waals surface area (Å²) in [6.45, 7) is 14.7. The largest absolute Gasteiger partial charge is 0.410 e. The first-order chi connectivity index (χ1) is 10.5. The van der Waals surface area contributed by atoms with Crippen LogP contribution in [0.15, 0.2) is 11.6 Å². The fraction of sp³-hybridized carbons (Fsp3) is 0.889.